The van der Waals surface area contributed by atoms with Gasteiger partial charge in [-0.15, -0.1) is 0 Å². The SMILES string of the molecule is NC(=O)[C@H](Cc1ccccc1)NC(=O)[C@H](Cc1ccccc1)NC(=O)[C@@H]1CCCN1Cc1ncc[nH]1. The van der Waals surface area contributed by atoms with Gasteiger partial charge in [0.25, 0.3) is 0 Å². The van der Waals surface area contributed by atoms with Crippen LogP contribution in [-0.4, -0.2) is 57.3 Å². The molecule has 3 aromatic rings. The molecule has 0 aliphatic carbocycles. The van der Waals surface area contributed by atoms with Crippen molar-refractivity contribution in [3.8, 4) is 0 Å². The Hall–Kier alpha value is -3.98. The Balaban J connectivity index is 1.47. The number of hydrogen-bond acceptors (Lipinski definition) is 5. The highest BCUT2D eigenvalue weighted by Crippen LogP contribution is 2.19. The third-order valence-electron chi connectivity index (χ3n) is 6.43. The number of carbonyl (C=O) groups is 3. The summed E-state index contributed by atoms with van der Waals surface area (Å²) in [6.07, 6.45) is 5.59. The van der Waals surface area contributed by atoms with Crippen LogP contribution in [-0.2, 0) is 33.8 Å². The summed E-state index contributed by atoms with van der Waals surface area (Å²) >= 11 is 0. The van der Waals surface area contributed by atoms with E-state index in [1.54, 1.807) is 12.4 Å². The first-order chi connectivity index (χ1) is 17.5. The van der Waals surface area contributed by atoms with Gasteiger partial charge < -0.3 is 21.4 Å². The molecule has 0 unspecified atom stereocenters. The van der Waals surface area contributed by atoms with E-state index in [0.717, 1.165) is 29.9 Å². The van der Waals surface area contributed by atoms with Crippen LogP contribution in [0.2, 0.25) is 0 Å². The Labute approximate surface area is 210 Å². The molecule has 0 spiro atoms. The molecular weight excluding hydrogens is 456 g/mol. The summed E-state index contributed by atoms with van der Waals surface area (Å²) in [7, 11) is 0. The summed E-state index contributed by atoms with van der Waals surface area (Å²) < 4.78 is 0. The molecular formula is C27H32N6O3. The second-order valence-electron chi connectivity index (χ2n) is 9.07. The number of primary amides is 1. The lowest BCUT2D eigenvalue weighted by molar-refractivity contribution is -0.133. The van der Waals surface area contributed by atoms with Gasteiger partial charge >= 0.3 is 0 Å². The van der Waals surface area contributed by atoms with Gasteiger partial charge in [-0.3, -0.25) is 19.3 Å². The van der Waals surface area contributed by atoms with Gasteiger partial charge in [-0.1, -0.05) is 60.7 Å². The van der Waals surface area contributed by atoms with E-state index in [0.29, 0.717) is 19.4 Å². The Morgan fingerprint density at radius 3 is 2.19 bits per heavy atom. The highest BCUT2D eigenvalue weighted by atomic mass is 16.2. The summed E-state index contributed by atoms with van der Waals surface area (Å²) in [6, 6.07) is 16.7. The van der Waals surface area contributed by atoms with E-state index < -0.39 is 23.9 Å². The lowest BCUT2D eigenvalue weighted by Crippen LogP contribution is -2.56. The van der Waals surface area contributed by atoms with E-state index in [1.807, 2.05) is 60.7 Å². The van der Waals surface area contributed by atoms with Gasteiger partial charge in [0.2, 0.25) is 17.7 Å². The fourth-order valence-electron chi connectivity index (χ4n) is 4.56. The van der Waals surface area contributed by atoms with Gasteiger partial charge in [0.05, 0.1) is 12.6 Å². The number of aromatic amines is 1. The number of benzene rings is 2. The monoisotopic (exact) mass is 488 g/mol. The highest BCUT2D eigenvalue weighted by molar-refractivity contribution is 5.93. The van der Waals surface area contributed by atoms with Gasteiger partial charge in [0.15, 0.2) is 0 Å². The van der Waals surface area contributed by atoms with Gasteiger partial charge in [0, 0.05) is 25.2 Å². The molecule has 5 N–H and O–H groups in total. The second-order valence-corrected chi connectivity index (χ2v) is 9.07. The number of aromatic nitrogens is 2. The minimum Gasteiger partial charge on any atom is -0.368 e. The van der Waals surface area contributed by atoms with Crippen molar-refractivity contribution in [1.29, 1.82) is 0 Å². The van der Waals surface area contributed by atoms with E-state index in [-0.39, 0.29) is 18.4 Å². The first kappa shape index (κ1) is 25.1. The average Bonchev–Trinajstić information content (AvgIpc) is 3.57. The average molecular weight is 489 g/mol. The first-order valence-corrected chi connectivity index (χ1v) is 12.2. The van der Waals surface area contributed by atoms with Crippen molar-refractivity contribution in [1.82, 2.24) is 25.5 Å². The molecule has 0 saturated carbocycles. The molecule has 3 atom stereocenters. The molecule has 0 bridgehead atoms. The van der Waals surface area contributed by atoms with Crippen molar-refractivity contribution in [2.24, 2.45) is 5.73 Å². The van der Waals surface area contributed by atoms with Crippen LogP contribution in [0.5, 0.6) is 0 Å². The quantitative estimate of drug-likeness (QED) is 0.323. The predicted molar refractivity (Wildman–Crippen MR) is 135 cm³/mol. The van der Waals surface area contributed by atoms with Crippen LogP contribution in [0.1, 0.15) is 29.8 Å². The molecule has 2 heterocycles. The molecule has 1 aliphatic heterocycles. The molecule has 4 rings (SSSR count). The van der Waals surface area contributed by atoms with E-state index in [9.17, 15) is 14.4 Å². The van der Waals surface area contributed by atoms with Crippen molar-refractivity contribution >= 4 is 17.7 Å². The Kier molecular flexibility index (Phi) is 8.46. The number of carbonyl (C=O) groups excluding carboxylic acids is 3. The number of likely N-dealkylation sites (tertiary alicyclic amines) is 1. The zero-order valence-electron chi connectivity index (χ0n) is 20.1. The summed E-state index contributed by atoms with van der Waals surface area (Å²) in [5.74, 6) is -0.493. The van der Waals surface area contributed by atoms with Gasteiger partial charge in [-0.25, -0.2) is 4.98 Å². The molecule has 1 saturated heterocycles. The van der Waals surface area contributed by atoms with Gasteiger partial charge in [0.1, 0.15) is 17.9 Å². The molecule has 1 aliphatic rings. The maximum absolute atomic E-state index is 13.4. The molecule has 2 aromatic carbocycles. The van der Waals surface area contributed by atoms with Crippen molar-refractivity contribution < 1.29 is 14.4 Å². The molecule has 9 nitrogen and oxygen atoms in total. The van der Waals surface area contributed by atoms with E-state index in [4.69, 9.17) is 5.73 Å². The minimum atomic E-state index is -0.892. The van der Waals surface area contributed by atoms with Crippen LogP contribution in [0.25, 0.3) is 0 Å². The minimum absolute atomic E-state index is 0.214. The smallest absolute Gasteiger partial charge is 0.243 e. The zero-order chi connectivity index (χ0) is 25.3. The predicted octanol–water partition coefficient (Wildman–Crippen LogP) is 1.31. The molecule has 1 aromatic heterocycles. The molecule has 1 fully saturated rings. The number of nitrogens with one attached hydrogen (secondary N) is 3. The maximum atomic E-state index is 13.4. The second kappa shape index (κ2) is 12.1. The summed E-state index contributed by atoms with van der Waals surface area (Å²) in [5, 5.41) is 5.72. The highest BCUT2D eigenvalue weighted by Gasteiger charge is 2.34. The summed E-state index contributed by atoms with van der Waals surface area (Å²) in [5.41, 5.74) is 7.39. The van der Waals surface area contributed by atoms with Crippen LogP contribution in [0.15, 0.2) is 73.1 Å². The molecule has 3 amide bonds. The standard InChI is InChI=1S/C27H32N6O3/c28-25(34)21(16-19-8-3-1-4-9-19)31-26(35)22(17-20-10-5-2-6-11-20)32-27(36)23-12-7-15-33(23)18-24-29-13-14-30-24/h1-6,8-11,13-14,21-23H,7,12,15-18H2,(H2,28,34)(H,29,30)(H,31,35)(H,32,36)/t21-,22-,23-/m0/s1. The topological polar surface area (TPSA) is 133 Å². The molecule has 36 heavy (non-hydrogen) atoms. The Morgan fingerprint density at radius 1 is 0.972 bits per heavy atom. The van der Waals surface area contributed by atoms with Crippen LogP contribution in [0.3, 0.4) is 0 Å². The lowest BCUT2D eigenvalue weighted by atomic mass is 10.0. The maximum Gasteiger partial charge on any atom is 0.243 e. The number of H-pyrrole nitrogens is 1. The third kappa shape index (κ3) is 6.79. The number of nitrogens with zero attached hydrogens (tertiary/aromatic N) is 2. The van der Waals surface area contributed by atoms with Crippen LogP contribution < -0.4 is 16.4 Å². The van der Waals surface area contributed by atoms with E-state index in [1.165, 1.54) is 0 Å². The number of imidazole rings is 1. The Bertz CT molecular complexity index is 1140. The largest absolute Gasteiger partial charge is 0.368 e. The molecule has 0 radical (unpaired) electrons. The Morgan fingerprint density at radius 2 is 1.61 bits per heavy atom. The van der Waals surface area contributed by atoms with Crippen molar-refractivity contribution in [2.45, 2.75) is 50.4 Å². The van der Waals surface area contributed by atoms with Crippen molar-refractivity contribution in [3.63, 3.8) is 0 Å². The van der Waals surface area contributed by atoms with Crippen molar-refractivity contribution in [2.75, 3.05) is 6.54 Å². The van der Waals surface area contributed by atoms with Crippen LogP contribution in [0, 0.1) is 0 Å². The summed E-state index contributed by atoms with van der Waals surface area (Å²) in [4.78, 5) is 48.3. The number of amides is 3. The zero-order valence-corrected chi connectivity index (χ0v) is 20.1. The normalized spacial score (nSPS) is 17.3. The van der Waals surface area contributed by atoms with Crippen molar-refractivity contribution in [3.05, 3.63) is 90.0 Å². The van der Waals surface area contributed by atoms with Crippen LogP contribution in [0.4, 0.5) is 0 Å². The number of rotatable bonds is 11. The fraction of sp³-hybridized carbons (Fsp3) is 0.333. The molecule has 9 heteroatoms. The third-order valence-corrected chi connectivity index (χ3v) is 6.43. The number of nitrogens with two attached hydrogens (primary N) is 1. The lowest BCUT2D eigenvalue weighted by Gasteiger charge is -2.26. The van der Waals surface area contributed by atoms with Crippen LogP contribution >= 0.6 is 0 Å². The number of hydrogen-bond donors (Lipinski definition) is 4. The summed E-state index contributed by atoms with van der Waals surface area (Å²) in [6.45, 7) is 1.30. The van der Waals surface area contributed by atoms with E-state index >= 15 is 0 Å². The van der Waals surface area contributed by atoms with Gasteiger partial charge in [-0.05, 0) is 30.5 Å². The fourth-order valence-corrected chi connectivity index (χ4v) is 4.56. The first-order valence-electron chi connectivity index (χ1n) is 12.2. The van der Waals surface area contributed by atoms with E-state index in [2.05, 4.69) is 25.5 Å². The van der Waals surface area contributed by atoms with Gasteiger partial charge in [-0.2, -0.15) is 0 Å². The molecule has 188 valence electrons.